The van der Waals surface area contributed by atoms with Crippen molar-refractivity contribution in [3.05, 3.63) is 29.8 Å². The van der Waals surface area contributed by atoms with Gasteiger partial charge in [0.15, 0.2) is 6.61 Å². The molecule has 1 heterocycles. The van der Waals surface area contributed by atoms with Crippen LogP contribution in [0.1, 0.15) is 5.56 Å². The fourth-order valence-corrected chi connectivity index (χ4v) is 2.56. The van der Waals surface area contributed by atoms with Gasteiger partial charge < -0.3 is 14.8 Å². The van der Waals surface area contributed by atoms with E-state index >= 15 is 0 Å². The Labute approximate surface area is 118 Å². The lowest BCUT2D eigenvalue weighted by Gasteiger charge is -2.16. The zero-order valence-corrected chi connectivity index (χ0v) is 11.5. The number of hydrogen-bond acceptors (Lipinski definition) is 5. The largest absolute Gasteiger partial charge is 0.479 e. The summed E-state index contributed by atoms with van der Waals surface area (Å²) in [5.74, 6) is 0.666. The molecule has 1 aliphatic rings. The van der Waals surface area contributed by atoms with Crippen LogP contribution in [0, 0.1) is 23.2 Å². The van der Waals surface area contributed by atoms with Gasteiger partial charge in [-0.15, -0.1) is 0 Å². The molecular formula is C15H18N2O3. The van der Waals surface area contributed by atoms with Gasteiger partial charge in [-0.05, 0) is 36.6 Å². The van der Waals surface area contributed by atoms with Crippen molar-refractivity contribution in [1.82, 2.24) is 5.32 Å². The number of nitriles is 1. The Morgan fingerprint density at radius 3 is 3.10 bits per heavy atom. The normalized spacial score (nSPS) is 21.2. The number of rotatable bonds is 5. The van der Waals surface area contributed by atoms with Crippen molar-refractivity contribution in [3.63, 3.8) is 0 Å². The van der Waals surface area contributed by atoms with E-state index in [1.807, 2.05) is 30.3 Å². The zero-order valence-electron chi connectivity index (χ0n) is 11.5. The predicted octanol–water partition coefficient (Wildman–Crippen LogP) is 1.14. The quantitative estimate of drug-likeness (QED) is 0.815. The Balaban J connectivity index is 2.02. The van der Waals surface area contributed by atoms with Gasteiger partial charge in [0.05, 0.1) is 13.0 Å². The molecule has 5 heteroatoms. The van der Waals surface area contributed by atoms with Crippen molar-refractivity contribution >= 4 is 5.97 Å². The summed E-state index contributed by atoms with van der Waals surface area (Å²) in [5.41, 5.74) is 1.10. The average molecular weight is 274 g/mol. The third kappa shape index (κ3) is 3.49. The smallest absolute Gasteiger partial charge is 0.310 e. The van der Waals surface area contributed by atoms with Crippen LogP contribution in [0.2, 0.25) is 0 Å². The van der Waals surface area contributed by atoms with E-state index in [4.69, 9.17) is 14.7 Å². The van der Waals surface area contributed by atoms with Crippen molar-refractivity contribution in [3.8, 4) is 11.8 Å². The molecule has 20 heavy (non-hydrogen) atoms. The number of hydrogen-bond donors (Lipinski definition) is 1. The standard InChI is InChI=1S/C15H18N2O3/c1-19-15(18)14-10-17-9-12(14)7-11-3-2-4-13(8-11)20-6-5-16/h2-4,8,12,14,17H,6-7,9-10H2,1H3/t12?,14-/m0/s1. The molecule has 1 aliphatic heterocycles. The van der Waals surface area contributed by atoms with Crippen molar-refractivity contribution in [2.24, 2.45) is 11.8 Å². The predicted molar refractivity (Wildman–Crippen MR) is 73.1 cm³/mol. The molecule has 1 fully saturated rings. The first-order valence-electron chi connectivity index (χ1n) is 6.62. The number of ether oxygens (including phenoxy) is 2. The zero-order chi connectivity index (χ0) is 14.4. The number of nitrogens with zero attached hydrogens (tertiary/aromatic N) is 1. The van der Waals surface area contributed by atoms with Crippen LogP contribution in [0.15, 0.2) is 24.3 Å². The molecule has 0 spiro atoms. The van der Waals surface area contributed by atoms with E-state index in [1.54, 1.807) is 0 Å². The van der Waals surface area contributed by atoms with E-state index < -0.39 is 0 Å². The third-order valence-corrected chi connectivity index (χ3v) is 3.54. The Morgan fingerprint density at radius 2 is 2.35 bits per heavy atom. The maximum atomic E-state index is 11.7. The van der Waals surface area contributed by atoms with Gasteiger partial charge in [0.25, 0.3) is 0 Å². The highest BCUT2D eigenvalue weighted by Gasteiger charge is 2.33. The van der Waals surface area contributed by atoms with Gasteiger partial charge in [0.1, 0.15) is 11.8 Å². The second-order valence-corrected chi connectivity index (χ2v) is 4.85. The molecule has 1 aromatic rings. The van der Waals surface area contributed by atoms with Crippen molar-refractivity contribution in [1.29, 1.82) is 5.26 Å². The lowest BCUT2D eigenvalue weighted by molar-refractivity contribution is -0.146. The van der Waals surface area contributed by atoms with Crippen LogP contribution in [0.3, 0.4) is 0 Å². The molecule has 0 amide bonds. The maximum absolute atomic E-state index is 11.7. The van der Waals surface area contributed by atoms with Gasteiger partial charge >= 0.3 is 5.97 Å². The fourth-order valence-electron chi connectivity index (χ4n) is 2.56. The van der Waals surface area contributed by atoms with E-state index in [9.17, 15) is 4.79 Å². The fraction of sp³-hybridized carbons (Fsp3) is 0.467. The van der Waals surface area contributed by atoms with E-state index in [1.165, 1.54) is 7.11 Å². The molecule has 2 rings (SSSR count). The SMILES string of the molecule is COC(=O)[C@H]1CNCC1Cc1cccc(OCC#N)c1. The van der Waals surface area contributed by atoms with E-state index in [2.05, 4.69) is 5.32 Å². The van der Waals surface area contributed by atoms with Crippen LogP contribution in [0.4, 0.5) is 0 Å². The highest BCUT2D eigenvalue weighted by molar-refractivity contribution is 5.73. The number of methoxy groups -OCH3 is 1. The highest BCUT2D eigenvalue weighted by atomic mass is 16.5. The second kappa shape index (κ2) is 6.92. The molecule has 0 radical (unpaired) electrons. The summed E-state index contributed by atoms with van der Waals surface area (Å²) in [4.78, 5) is 11.7. The van der Waals surface area contributed by atoms with Crippen LogP contribution in [0.25, 0.3) is 0 Å². The minimum atomic E-state index is -0.156. The molecule has 0 aromatic heterocycles. The summed E-state index contributed by atoms with van der Waals surface area (Å²) in [6.07, 6.45) is 0.788. The molecule has 0 bridgehead atoms. The Bertz CT molecular complexity index is 510. The summed E-state index contributed by atoms with van der Waals surface area (Å²) >= 11 is 0. The summed E-state index contributed by atoms with van der Waals surface area (Å²) < 4.78 is 10.1. The summed E-state index contributed by atoms with van der Waals surface area (Å²) in [6.45, 7) is 1.52. The van der Waals surface area contributed by atoms with Crippen LogP contribution >= 0.6 is 0 Å². The molecule has 1 unspecified atom stereocenters. The lowest BCUT2D eigenvalue weighted by atomic mass is 9.89. The molecule has 1 aromatic carbocycles. The van der Waals surface area contributed by atoms with Crippen molar-refractivity contribution in [2.45, 2.75) is 6.42 Å². The van der Waals surface area contributed by atoms with Gasteiger partial charge in [0, 0.05) is 6.54 Å². The summed E-state index contributed by atoms with van der Waals surface area (Å²) in [7, 11) is 1.42. The molecule has 1 N–H and O–H groups in total. The molecule has 2 atom stereocenters. The minimum absolute atomic E-state index is 0.0409. The molecule has 5 nitrogen and oxygen atoms in total. The Hall–Kier alpha value is -2.06. The van der Waals surface area contributed by atoms with Crippen LogP contribution < -0.4 is 10.1 Å². The van der Waals surface area contributed by atoms with Crippen LogP contribution in [0.5, 0.6) is 5.75 Å². The third-order valence-electron chi connectivity index (χ3n) is 3.54. The second-order valence-electron chi connectivity index (χ2n) is 4.85. The van der Waals surface area contributed by atoms with Gasteiger partial charge in [-0.2, -0.15) is 5.26 Å². The van der Waals surface area contributed by atoms with Gasteiger partial charge in [-0.3, -0.25) is 4.79 Å². The van der Waals surface area contributed by atoms with E-state index in [-0.39, 0.29) is 24.4 Å². The topological polar surface area (TPSA) is 71.3 Å². The van der Waals surface area contributed by atoms with Gasteiger partial charge in [0.2, 0.25) is 0 Å². The molecular weight excluding hydrogens is 256 g/mol. The number of carbonyl (C=O) groups excluding carboxylic acids is 1. The number of esters is 1. The first-order chi connectivity index (χ1) is 9.74. The minimum Gasteiger partial charge on any atom is -0.479 e. The first-order valence-corrected chi connectivity index (χ1v) is 6.62. The molecule has 0 saturated carbocycles. The van der Waals surface area contributed by atoms with Crippen LogP contribution in [-0.2, 0) is 16.0 Å². The summed E-state index contributed by atoms with van der Waals surface area (Å²) in [5, 5.41) is 11.7. The summed E-state index contributed by atoms with van der Waals surface area (Å²) in [6, 6.07) is 9.60. The first kappa shape index (κ1) is 14.4. The Morgan fingerprint density at radius 1 is 1.50 bits per heavy atom. The monoisotopic (exact) mass is 274 g/mol. The Kier molecular flexibility index (Phi) is 4.97. The van der Waals surface area contributed by atoms with Crippen molar-refractivity contribution in [2.75, 3.05) is 26.8 Å². The number of benzene rings is 1. The molecule has 1 saturated heterocycles. The molecule has 106 valence electrons. The highest BCUT2D eigenvalue weighted by Crippen LogP contribution is 2.24. The molecule has 0 aliphatic carbocycles. The van der Waals surface area contributed by atoms with Gasteiger partial charge in [-0.1, -0.05) is 12.1 Å². The number of nitrogens with one attached hydrogen (secondary N) is 1. The maximum Gasteiger partial charge on any atom is 0.310 e. The van der Waals surface area contributed by atoms with E-state index in [0.717, 1.165) is 18.5 Å². The average Bonchev–Trinajstić information content (AvgIpc) is 2.93. The van der Waals surface area contributed by atoms with E-state index in [0.29, 0.717) is 12.3 Å². The lowest BCUT2D eigenvalue weighted by Crippen LogP contribution is -2.25. The van der Waals surface area contributed by atoms with Crippen LogP contribution in [-0.4, -0.2) is 32.8 Å². The van der Waals surface area contributed by atoms with Gasteiger partial charge in [-0.25, -0.2) is 0 Å². The number of carbonyl (C=O) groups is 1. The van der Waals surface area contributed by atoms with Crippen molar-refractivity contribution < 1.29 is 14.3 Å².